The molecule has 0 radical (unpaired) electrons. The number of nitriles is 1. The van der Waals surface area contributed by atoms with Gasteiger partial charge in [0.05, 0.1) is 18.2 Å². The van der Waals surface area contributed by atoms with E-state index in [2.05, 4.69) is 0 Å². The van der Waals surface area contributed by atoms with E-state index in [0.717, 1.165) is 0 Å². The summed E-state index contributed by atoms with van der Waals surface area (Å²) in [7, 11) is 1.60. The second kappa shape index (κ2) is 6.51. The third kappa shape index (κ3) is 4.13. The van der Waals surface area contributed by atoms with Crippen molar-refractivity contribution in [2.24, 2.45) is 0 Å². The number of aliphatic hydroxyl groups is 1. The minimum atomic E-state index is -0.205. The average Bonchev–Trinajstić information content (AvgIpc) is 2.36. The third-order valence-electron chi connectivity index (χ3n) is 2.21. The monoisotopic (exact) mass is 234 g/mol. The molecule has 1 amide bonds. The molecule has 1 rings (SSSR count). The van der Waals surface area contributed by atoms with Crippen LogP contribution in [-0.4, -0.2) is 42.7 Å². The first-order chi connectivity index (χ1) is 8.17. The molecule has 90 valence electrons. The fourth-order valence-corrected chi connectivity index (χ4v) is 1.16. The number of benzene rings is 1. The molecule has 0 aromatic heterocycles. The molecular formula is C12H14N2O3. The van der Waals surface area contributed by atoms with Gasteiger partial charge in [-0.1, -0.05) is 0 Å². The molecule has 0 heterocycles. The highest BCUT2D eigenvalue weighted by Gasteiger charge is 2.08. The molecule has 1 aromatic carbocycles. The summed E-state index contributed by atoms with van der Waals surface area (Å²) in [6, 6.07) is 8.51. The van der Waals surface area contributed by atoms with Crippen LogP contribution in [0.4, 0.5) is 0 Å². The van der Waals surface area contributed by atoms with Crippen LogP contribution >= 0.6 is 0 Å². The zero-order valence-electron chi connectivity index (χ0n) is 9.59. The fraction of sp³-hybridized carbons (Fsp3) is 0.333. The van der Waals surface area contributed by atoms with Crippen LogP contribution in [0, 0.1) is 11.3 Å². The second-order valence-electron chi connectivity index (χ2n) is 3.46. The van der Waals surface area contributed by atoms with E-state index < -0.39 is 0 Å². The lowest BCUT2D eigenvalue weighted by molar-refractivity contribution is -0.132. The van der Waals surface area contributed by atoms with Gasteiger partial charge in [0, 0.05) is 13.6 Å². The van der Waals surface area contributed by atoms with Crippen LogP contribution in [0.3, 0.4) is 0 Å². The predicted octanol–water partition coefficient (Wildman–Crippen LogP) is 0.388. The van der Waals surface area contributed by atoms with Gasteiger partial charge in [-0.2, -0.15) is 5.26 Å². The first-order valence-corrected chi connectivity index (χ1v) is 5.15. The SMILES string of the molecule is CN(CCO)C(=O)COc1ccc(C#N)cc1. The van der Waals surface area contributed by atoms with Gasteiger partial charge in [-0.15, -0.1) is 0 Å². The number of rotatable bonds is 5. The first kappa shape index (κ1) is 13.0. The molecule has 0 aliphatic carbocycles. The highest BCUT2D eigenvalue weighted by molar-refractivity contribution is 5.77. The van der Waals surface area contributed by atoms with Gasteiger partial charge < -0.3 is 14.7 Å². The van der Waals surface area contributed by atoms with Crippen molar-refractivity contribution in [1.29, 1.82) is 5.26 Å². The van der Waals surface area contributed by atoms with Crippen molar-refractivity contribution in [2.45, 2.75) is 0 Å². The molecule has 5 nitrogen and oxygen atoms in total. The Morgan fingerprint density at radius 3 is 2.65 bits per heavy atom. The van der Waals surface area contributed by atoms with Gasteiger partial charge in [0.2, 0.25) is 0 Å². The lowest BCUT2D eigenvalue weighted by atomic mass is 10.2. The van der Waals surface area contributed by atoms with E-state index >= 15 is 0 Å². The Bertz CT molecular complexity index is 409. The van der Waals surface area contributed by atoms with Gasteiger partial charge in [-0.25, -0.2) is 0 Å². The molecule has 0 bridgehead atoms. The van der Waals surface area contributed by atoms with Crippen LogP contribution in [0.2, 0.25) is 0 Å². The Kier molecular flexibility index (Phi) is 4.98. The van der Waals surface area contributed by atoms with E-state index in [9.17, 15) is 4.79 Å². The van der Waals surface area contributed by atoms with E-state index in [1.807, 2.05) is 6.07 Å². The number of amides is 1. The molecule has 0 atom stereocenters. The van der Waals surface area contributed by atoms with E-state index in [1.54, 1.807) is 31.3 Å². The zero-order chi connectivity index (χ0) is 12.7. The maximum atomic E-state index is 11.5. The summed E-state index contributed by atoms with van der Waals surface area (Å²) >= 11 is 0. The molecule has 5 heteroatoms. The fourth-order valence-electron chi connectivity index (χ4n) is 1.16. The van der Waals surface area contributed by atoms with Gasteiger partial charge in [0.1, 0.15) is 5.75 Å². The molecule has 1 aromatic rings. The van der Waals surface area contributed by atoms with Gasteiger partial charge in [0.25, 0.3) is 5.91 Å². The number of carbonyl (C=O) groups excluding carboxylic acids is 1. The van der Waals surface area contributed by atoms with Gasteiger partial charge in [-0.3, -0.25) is 4.79 Å². The second-order valence-corrected chi connectivity index (χ2v) is 3.46. The van der Waals surface area contributed by atoms with Crippen LogP contribution in [0.1, 0.15) is 5.56 Å². The number of likely N-dealkylation sites (N-methyl/N-ethyl adjacent to an activating group) is 1. The van der Waals surface area contributed by atoms with Crippen molar-refractivity contribution in [3.8, 4) is 11.8 Å². The maximum Gasteiger partial charge on any atom is 0.260 e. The van der Waals surface area contributed by atoms with Crippen molar-refractivity contribution in [1.82, 2.24) is 4.90 Å². The quantitative estimate of drug-likeness (QED) is 0.799. The molecule has 0 spiro atoms. The Hall–Kier alpha value is -2.06. The topological polar surface area (TPSA) is 73.6 Å². The standard InChI is InChI=1S/C12H14N2O3/c1-14(6-7-15)12(16)9-17-11-4-2-10(8-13)3-5-11/h2-5,15H,6-7,9H2,1H3. The normalized spacial score (nSPS) is 9.47. The van der Waals surface area contributed by atoms with Crippen LogP contribution in [0.25, 0.3) is 0 Å². The minimum Gasteiger partial charge on any atom is -0.484 e. The maximum absolute atomic E-state index is 11.5. The van der Waals surface area contributed by atoms with E-state index in [1.165, 1.54) is 4.90 Å². The minimum absolute atomic E-state index is 0.0703. The van der Waals surface area contributed by atoms with Gasteiger partial charge >= 0.3 is 0 Å². The Morgan fingerprint density at radius 1 is 1.47 bits per heavy atom. The summed E-state index contributed by atoms with van der Waals surface area (Å²) < 4.78 is 5.25. The lowest BCUT2D eigenvalue weighted by Gasteiger charge is -2.15. The highest BCUT2D eigenvalue weighted by Crippen LogP contribution is 2.11. The number of hydrogen-bond acceptors (Lipinski definition) is 4. The summed E-state index contributed by atoms with van der Waals surface area (Å²) in [5.74, 6) is 0.332. The van der Waals surface area contributed by atoms with E-state index in [4.69, 9.17) is 15.1 Å². The molecular weight excluding hydrogens is 220 g/mol. The number of aliphatic hydroxyl groups excluding tert-OH is 1. The molecule has 0 fully saturated rings. The number of nitrogens with zero attached hydrogens (tertiary/aromatic N) is 2. The third-order valence-corrected chi connectivity index (χ3v) is 2.21. The number of hydrogen-bond donors (Lipinski definition) is 1. The summed E-state index contributed by atoms with van der Waals surface area (Å²) in [5.41, 5.74) is 0.543. The van der Waals surface area contributed by atoms with Crippen molar-refractivity contribution in [3.05, 3.63) is 29.8 Å². The molecule has 0 saturated carbocycles. The summed E-state index contributed by atoms with van der Waals surface area (Å²) in [4.78, 5) is 12.9. The molecule has 0 saturated heterocycles. The molecule has 0 aliphatic heterocycles. The van der Waals surface area contributed by atoms with Crippen molar-refractivity contribution < 1.29 is 14.6 Å². The van der Waals surface area contributed by atoms with Gasteiger partial charge in [0.15, 0.2) is 6.61 Å². The summed E-state index contributed by atoms with van der Waals surface area (Å²) in [6.45, 7) is 0.136. The molecule has 0 aliphatic rings. The van der Waals surface area contributed by atoms with E-state index in [-0.39, 0.29) is 25.7 Å². The number of carbonyl (C=O) groups is 1. The average molecular weight is 234 g/mol. The Morgan fingerprint density at radius 2 is 2.12 bits per heavy atom. The van der Waals surface area contributed by atoms with Crippen LogP contribution in [0.5, 0.6) is 5.75 Å². The van der Waals surface area contributed by atoms with Crippen molar-refractivity contribution >= 4 is 5.91 Å². The number of ether oxygens (including phenoxy) is 1. The largest absolute Gasteiger partial charge is 0.484 e. The Labute approximate surface area is 99.8 Å². The van der Waals surface area contributed by atoms with Crippen LogP contribution in [-0.2, 0) is 4.79 Å². The zero-order valence-corrected chi connectivity index (χ0v) is 9.59. The van der Waals surface area contributed by atoms with E-state index in [0.29, 0.717) is 11.3 Å². The van der Waals surface area contributed by atoms with Crippen LogP contribution < -0.4 is 4.74 Å². The van der Waals surface area contributed by atoms with Crippen molar-refractivity contribution in [2.75, 3.05) is 26.8 Å². The first-order valence-electron chi connectivity index (χ1n) is 5.15. The lowest BCUT2D eigenvalue weighted by Crippen LogP contribution is -2.33. The molecule has 1 N–H and O–H groups in total. The smallest absolute Gasteiger partial charge is 0.260 e. The molecule has 17 heavy (non-hydrogen) atoms. The van der Waals surface area contributed by atoms with Crippen LogP contribution in [0.15, 0.2) is 24.3 Å². The van der Waals surface area contributed by atoms with Gasteiger partial charge in [-0.05, 0) is 24.3 Å². The Balaban J connectivity index is 2.45. The summed E-state index contributed by atoms with van der Waals surface area (Å²) in [6.07, 6.45) is 0. The predicted molar refractivity (Wildman–Crippen MR) is 61.4 cm³/mol. The molecule has 0 unspecified atom stereocenters. The highest BCUT2D eigenvalue weighted by atomic mass is 16.5. The van der Waals surface area contributed by atoms with Crippen molar-refractivity contribution in [3.63, 3.8) is 0 Å². The summed E-state index contributed by atoms with van der Waals surface area (Å²) in [5, 5.41) is 17.3.